The summed E-state index contributed by atoms with van der Waals surface area (Å²) in [5, 5.41) is 1.24. The molecular weight excluding hydrogens is 199 g/mol. The van der Waals surface area contributed by atoms with Crippen LogP contribution in [0.2, 0.25) is 11.1 Å². The fraction of sp³-hybridized carbons (Fsp3) is 0.200. The van der Waals surface area contributed by atoms with E-state index >= 15 is 0 Å². The SMILES string of the molecule is C[Se]C/C=C/c1ccccc1. The first-order valence-corrected chi connectivity index (χ1v) is 6.56. The molecule has 0 bridgehead atoms. The zero-order valence-corrected chi connectivity index (χ0v) is 8.37. The molecule has 0 heterocycles. The standard InChI is InChI=1S/C10H12Se/c1-11-9-5-8-10-6-3-2-4-7-10/h2-8H,9H2,1H3/b8-5+. The molecule has 0 aliphatic heterocycles. The average molecular weight is 211 g/mol. The van der Waals surface area contributed by atoms with E-state index in [1.165, 1.54) is 10.9 Å². The van der Waals surface area contributed by atoms with Gasteiger partial charge in [0.1, 0.15) is 0 Å². The molecule has 1 heteroatoms. The number of rotatable bonds is 3. The van der Waals surface area contributed by atoms with Crippen LogP contribution >= 0.6 is 0 Å². The number of hydrogen-bond acceptors (Lipinski definition) is 0. The van der Waals surface area contributed by atoms with Crippen LogP contribution in [0.15, 0.2) is 36.4 Å². The Hall–Kier alpha value is -0.521. The van der Waals surface area contributed by atoms with Crippen molar-refractivity contribution in [3.63, 3.8) is 0 Å². The van der Waals surface area contributed by atoms with Crippen molar-refractivity contribution in [2.45, 2.75) is 11.1 Å². The van der Waals surface area contributed by atoms with Gasteiger partial charge < -0.3 is 0 Å². The van der Waals surface area contributed by atoms with Gasteiger partial charge >= 0.3 is 74.1 Å². The summed E-state index contributed by atoms with van der Waals surface area (Å²) in [4.78, 5) is 0. The van der Waals surface area contributed by atoms with Crippen molar-refractivity contribution < 1.29 is 0 Å². The van der Waals surface area contributed by atoms with Gasteiger partial charge in [0.2, 0.25) is 0 Å². The zero-order chi connectivity index (χ0) is 7.94. The van der Waals surface area contributed by atoms with E-state index in [2.05, 4.69) is 42.2 Å². The fourth-order valence-electron chi connectivity index (χ4n) is 0.845. The van der Waals surface area contributed by atoms with Crippen LogP contribution in [0.25, 0.3) is 6.08 Å². The van der Waals surface area contributed by atoms with Crippen LogP contribution in [-0.2, 0) is 0 Å². The molecule has 58 valence electrons. The van der Waals surface area contributed by atoms with E-state index in [-0.39, 0.29) is 0 Å². The van der Waals surface area contributed by atoms with Crippen LogP contribution < -0.4 is 0 Å². The second-order valence-corrected chi connectivity index (χ2v) is 4.18. The van der Waals surface area contributed by atoms with Gasteiger partial charge in [-0.1, -0.05) is 0 Å². The minimum atomic E-state index is 0.769. The van der Waals surface area contributed by atoms with Gasteiger partial charge in [-0.05, 0) is 0 Å². The van der Waals surface area contributed by atoms with E-state index in [4.69, 9.17) is 0 Å². The minimum absolute atomic E-state index is 0.769. The monoisotopic (exact) mass is 212 g/mol. The molecule has 1 rings (SSSR count). The Bertz CT molecular complexity index is 214. The summed E-state index contributed by atoms with van der Waals surface area (Å²) < 4.78 is 0. The predicted octanol–water partition coefficient (Wildman–Crippen LogP) is 2.87. The van der Waals surface area contributed by atoms with Gasteiger partial charge in [-0.3, -0.25) is 0 Å². The van der Waals surface area contributed by atoms with Crippen molar-refractivity contribution in [3.05, 3.63) is 42.0 Å². The summed E-state index contributed by atoms with van der Waals surface area (Å²) >= 11 is 0.769. The third-order valence-corrected chi connectivity index (χ3v) is 2.48. The summed E-state index contributed by atoms with van der Waals surface area (Å²) in [5.74, 6) is 2.25. The summed E-state index contributed by atoms with van der Waals surface area (Å²) in [6.07, 6.45) is 4.43. The van der Waals surface area contributed by atoms with E-state index in [1.54, 1.807) is 0 Å². The van der Waals surface area contributed by atoms with E-state index in [9.17, 15) is 0 Å². The third kappa shape index (κ3) is 3.41. The summed E-state index contributed by atoms with van der Waals surface area (Å²) in [5.41, 5.74) is 1.30. The maximum atomic E-state index is 2.25. The molecule has 0 aromatic heterocycles. The molecule has 0 N–H and O–H groups in total. The van der Waals surface area contributed by atoms with Crippen LogP contribution in [0.5, 0.6) is 0 Å². The number of benzene rings is 1. The first-order chi connectivity index (χ1) is 5.43. The van der Waals surface area contributed by atoms with Crippen molar-refractivity contribution in [2.75, 3.05) is 0 Å². The van der Waals surface area contributed by atoms with Crippen molar-refractivity contribution in [2.24, 2.45) is 0 Å². The number of hydrogen-bond donors (Lipinski definition) is 0. The molecule has 0 fully saturated rings. The zero-order valence-electron chi connectivity index (χ0n) is 6.66. The molecule has 0 radical (unpaired) electrons. The van der Waals surface area contributed by atoms with Crippen molar-refractivity contribution in [1.82, 2.24) is 0 Å². The second kappa shape index (κ2) is 5.17. The Labute approximate surface area is 74.5 Å². The molecule has 0 spiro atoms. The van der Waals surface area contributed by atoms with Crippen LogP contribution in [0.3, 0.4) is 0 Å². The molecule has 0 saturated heterocycles. The van der Waals surface area contributed by atoms with Crippen LogP contribution in [-0.4, -0.2) is 15.0 Å². The van der Waals surface area contributed by atoms with Gasteiger partial charge in [0.05, 0.1) is 0 Å². The van der Waals surface area contributed by atoms with Crippen molar-refractivity contribution in [3.8, 4) is 0 Å². The molecule has 0 aliphatic carbocycles. The van der Waals surface area contributed by atoms with E-state index in [0.29, 0.717) is 0 Å². The average Bonchev–Trinajstić information content (AvgIpc) is 2.07. The van der Waals surface area contributed by atoms with Crippen LogP contribution in [0.4, 0.5) is 0 Å². The molecule has 0 atom stereocenters. The molecular formula is C10H12Se. The Morgan fingerprint density at radius 2 is 2.00 bits per heavy atom. The summed E-state index contributed by atoms with van der Waals surface area (Å²) in [6, 6.07) is 10.4. The summed E-state index contributed by atoms with van der Waals surface area (Å²) in [6.45, 7) is 0. The van der Waals surface area contributed by atoms with Gasteiger partial charge in [-0.25, -0.2) is 0 Å². The van der Waals surface area contributed by atoms with Gasteiger partial charge in [-0.15, -0.1) is 0 Å². The molecule has 1 aromatic carbocycles. The van der Waals surface area contributed by atoms with Crippen molar-refractivity contribution >= 4 is 21.0 Å². The van der Waals surface area contributed by atoms with Crippen LogP contribution in [0, 0.1) is 0 Å². The molecule has 11 heavy (non-hydrogen) atoms. The Balaban J connectivity index is 2.50. The molecule has 0 unspecified atom stereocenters. The summed E-state index contributed by atoms with van der Waals surface area (Å²) in [7, 11) is 0. The van der Waals surface area contributed by atoms with E-state index in [1.807, 2.05) is 6.07 Å². The van der Waals surface area contributed by atoms with E-state index < -0.39 is 0 Å². The van der Waals surface area contributed by atoms with Crippen LogP contribution in [0.1, 0.15) is 5.56 Å². The molecule has 0 aliphatic rings. The van der Waals surface area contributed by atoms with E-state index in [0.717, 1.165) is 15.0 Å². The number of allylic oxidation sites excluding steroid dienone is 1. The Morgan fingerprint density at radius 1 is 1.27 bits per heavy atom. The molecule has 0 amide bonds. The first kappa shape index (κ1) is 8.57. The first-order valence-electron chi connectivity index (χ1n) is 3.64. The topological polar surface area (TPSA) is 0 Å². The van der Waals surface area contributed by atoms with Gasteiger partial charge in [0.25, 0.3) is 0 Å². The van der Waals surface area contributed by atoms with Gasteiger partial charge in [0.15, 0.2) is 0 Å². The fourth-order valence-corrected chi connectivity index (χ4v) is 1.45. The third-order valence-electron chi connectivity index (χ3n) is 1.37. The normalized spacial score (nSPS) is 10.6. The second-order valence-electron chi connectivity index (χ2n) is 2.27. The van der Waals surface area contributed by atoms with Gasteiger partial charge in [0, 0.05) is 0 Å². The van der Waals surface area contributed by atoms with Crippen molar-refractivity contribution in [1.29, 1.82) is 0 Å². The quantitative estimate of drug-likeness (QED) is 0.674. The predicted molar refractivity (Wildman–Crippen MR) is 51.9 cm³/mol. The van der Waals surface area contributed by atoms with Gasteiger partial charge in [-0.2, -0.15) is 0 Å². The molecule has 0 nitrogen and oxygen atoms in total. The Morgan fingerprint density at radius 3 is 2.64 bits per heavy atom. The molecule has 1 aromatic rings. The Kier molecular flexibility index (Phi) is 4.03. The maximum absolute atomic E-state index is 2.25. The molecule has 0 saturated carbocycles.